The molecule has 1 amide bonds. The lowest BCUT2D eigenvalue weighted by Gasteiger charge is -2.33. The van der Waals surface area contributed by atoms with Gasteiger partial charge in [-0.1, -0.05) is 26.2 Å². The summed E-state index contributed by atoms with van der Waals surface area (Å²) in [5, 5.41) is 0. The second kappa shape index (κ2) is 6.08. The zero-order valence-electron chi connectivity index (χ0n) is 10.7. The third-order valence-electron chi connectivity index (χ3n) is 3.86. The molecule has 0 radical (unpaired) electrons. The average molecular weight is 237 g/mol. The fraction of sp³-hybridized carbons (Fsp3) is 0.786. The highest BCUT2D eigenvalue weighted by atomic mass is 16.5. The van der Waals surface area contributed by atoms with Crippen LogP contribution in [-0.4, -0.2) is 30.0 Å². The molecule has 0 N–H and O–H groups in total. The predicted octanol–water partition coefficient (Wildman–Crippen LogP) is 2.72. The van der Waals surface area contributed by atoms with E-state index in [9.17, 15) is 4.79 Å². The Bertz CT molecular complexity index is 272. The number of piperidine rings is 1. The number of amides is 1. The molecular weight excluding hydrogens is 214 g/mol. The van der Waals surface area contributed by atoms with E-state index in [2.05, 4.69) is 6.92 Å². The first-order chi connectivity index (χ1) is 8.31. The molecule has 0 aromatic heterocycles. The van der Waals surface area contributed by atoms with Gasteiger partial charge in [-0.05, 0) is 24.8 Å². The molecule has 0 bridgehead atoms. The van der Waals surface area contributed by atoms with Crippen molar-refractivity contribution in [3.63, 3.8) is 0 Å². The summed E-state index contributed by atoms with van der Waals surface area (Å²) < 4.78 is 5.29. The van der Waals surface area contributed by atoms with Crippen LogP contribution in [0.2, 0.25) is 0 Å². The summed E-state index contributed by atoms with van der Waals surface area (Å²) in [6, 6.07) is 0. The number of likely N-dealkylation sites (tertiary alicyclic amines) is 1. The third kappa shape index (κ3) is 3.24. The molecule has 0 aromatic rings. The van der Waals surface area contributed by atoms with Crippen molar-refractivity contribution in [3.8, 4) is 0 Å². The smallest absolute Gasteiger partial charge is 0.263 e. The highest BCUT2D eigenvalue weighted by Gasteiger charge is 2.29. The lowest BCUT2D eigenvalue weighted by Crippen LogP contribution is -2.43. The van der Waals surface area contributed by atoms with E-state index in [4.69, 9.17) is 4.74 Å². The average Bonchev–Trinajstić information content (AvgIpc) is 2.90. The number of unbranched alkanes of at least 4 members (excludes halogenated alkanes) is 1. The first-order valence-corrected chi connectivity index (χ1v) is 6.90. The number of carbonyl (C=O) groups is 1. The molecule has 1 unspecified atom stereocenters. The molecule has 0 saturated carbocycles. The van der Waals surface area contributed by atoms with Crippen LogP contribution in [0.25, 0.3) is 0 Å². The van der Waals surface area contributed by atoms with Crippen LogP contribution in [0.3, 0.4) is 0 Å². The van der Waals surface area contributed by atoms with Gasteiger partial charge in [0.1, 0.15) is 0 Å². The van der Waals surface area contributed by atoms with Crippen molar-refractivity contribution in [1.82, 2.24) is 4.90 Å². The summed E-state index contributed by atoms with van der Waals surface area (Å²) in [6.45, 7) is 4.09. The van der Waals surface area contributed by atoms with E-state index in [1.165, 1.54) is 32.1 Å². The van der Waals surface area contributed by atoms with Gasteiger partial charge in [-0.3, -0.25) is 4.79 Å². The second-order valence-corrected chi connectivity index (χ2v) is 5.14. The van der Waals surface area contributed by atoms with E-state index < -0.39 is 0 Å². The molecule has 1 atom stereocenters. The number of hydrogen-bond donors (Lipinski definition) is 0. The van der Waals surface area contributed by atoms with Crippen LogP contribution in [0.15, 0.2) is 12.3 Å². The van der Waals surface area contributed by atoms with E-state index in [1.54, 1.807) is 6.26 Å². The standard InChI is InChI=1S/C14H23NO2/c1-2-3-5-12-7-9-15(10-8-12)14(16)13-6-4-11-17-13/h4,11-13H,2-3,5-10H2,1H3. The first kappa shape index (κ1) is 12.5. The van der Waals surface area contributed by atoms with Gasteiger partial charge >= 0.3 is 0 Å². The van der Waals surface area contributed by atoms with Gasteiger partial charge in [0.25, 0.3) is 5.91 Å². The minimum absolute atomic E-state index is 0.184. The molecule has 0 aromatic carbocycles. The minimum Gasteiger partial charge on any atom is -0.488 e. The van der Waals surface area contributed by atoms with Crippen molar-refractivity contribution < 1.29 is 9.53 Å². The van der Waals surface area contributed by atoms with Crippen LogP contribution < -0.4 is 0 Å². The maximum absolute atomic E-state index is 12.1. The first-order valence-electron chi connectivity index (χ1n) is 6.90. The molecule has 2 aliphatic rings. The SMILES string of the molecule is CCCCC1CCN(C(=O)C2CC=CO2)CC1. The fourth-order valence-corrected chi connectivity index (χ4v) is 2.68. The Kier molecular flexibility index (Phi) is 4.46. The summed E-state index contributed by atoms with van der Waals surface area (Å²) in [7, 11) is 0. The zero-order valence-corrected chi connectivity index (χ0v) is 10.7. The van der Waals surface area contributed by atoms with Crippen molar-refractivity contribution in [2.45, 2.75) is 51.6 Å². The second-order valence-electron chi connectivity index (χ2n) is 5.14. The highest BCUT2D eigenvalue weighted by Crippen LogP contribution is 2.24. The van der Waals surface area contributed by atoms with Gasteiger partial charge in [0, 0.05) is 19.5 Å². The van der Waals surface area contributed by atoms with Gasteiger partial charge in [-0.2, -0.15) is 0 Å². The molecule has 2 aliphatic heterocycles. The summed E-state index contributed by atoms with van der Waals surface area (Å²) >= 11 is 0. The summed E-state index contributed by atoms with van der Waals surface area (Å²) in [5.41, 5.74) is 0. The Morgan fingerprint density at radius 3 is 2.76 bits per heavy atom. The molecule has 3 nitrogen and oxygen atoms in total. The number of nitrogens with zero attached hydrogens (tertiary/aromatic N) is 1. The third-order valence-corrected chi connectivity index (χ3v) is 3.86. The van der Waals surface area contributed by atoms with Gasteiger partial charge in [0.2, 0.25) is 0 Å². The molecule has 96 valence electrons. The number of rotatable bonds is 4. The molecule has 0 aliphatic carbocycles. The Morgan fingerprint density at radius 1 is 1.41 bits per heavy atom. The monoisotopic (exact) mass is 237 g/mol. The van der Waals surface area contributed by atoms with Crippen LogP contribution in [-0.2, 0) is 9.53 Å². The molecule has 1 fully saturated rings. The van der Waals surface area contributed by atoms with E-state index in [0.29, 0.717) is 0 Å². The Labute approximate surface area is 104 Å². The quantitative estimate of drug-likeness (QED) is 0.752. The van der Waals surface area contributed by atoms with Crippen molar-refractivity contribution >= 4 is 5.91 Å². The Balaban J connectivity index is 1.72. The molecule has 2 rings (SSSR count). The summed E-state index contributed by atoms with van der Waals surface area (Å²) in [6.07, 6.45) is 10.4. The van der Waals surface area contributed by atoms with E-state index in [-0.39, 0.29) is 12.0 Å². The molecule has 2 heterocycles. The van der Waals surface area contributed by atoms with Crippen molar-refractivity contribution in [3.05, 3.63) is 12.3 Å². The van der Waals surface area contributed by atoms with Gasteiger partial charge in [-0.25, -0.2) is 0 Å². The topological polar surface area (TPSA) is 29.5 Å². The van der Waals surface area contributed by atoms with Crippen LogP contribution in [0.5, 0.6) is 0 Å². The Morgan fingerprint density at radius 2 is 2.18 bits per heavy atom. The number of ether oxygens (including phenoxy) is 1. The predicted molar refractivity (Wildman–Crippen MR) is 67.5 cm³/mol. The van der Waals surface area contributed by atoms with E-state index in [1.807, 2.05) is 11.0 Å². The van der Waals surface area contributed by atoms with Crippen molar-refractivity contribution in [2.24, 2.45) is 5.92 Å². The Hall–Kier alpha value is -0.990. The zero-order chi connectivity index (χ0) is 12.1. The number of carbonyl (C=O) groups excluding carboxylic acids is 1. The lowest BCUT2D eigenvalue weighted by molar-refractivity contribution is -0.141. The highest BCUT2D eigenvalue weighted by molar-refractivity contribution is 5.81. The maximum atomic E-state index is 12.1. The van der Waals surface area contributed by atoms with E-state index in [0.717, 1.165) is 25.4 Å². The van der Waals surface area contributed by atoms with Crippen molar-refractivity contribution in [2.75, 3.05) is 13.1 Å². The van der Waals surface area contributed by atoms with Crippen LogP contribution >= 0.6 is 0 Å². The van der Waals surface area contributed by atoms with Gasteiger partial charge < -0.3 is 9.64 Å². The van der Waals surface area contributed by atoms with Gasteiger partial charge in [-0.15, -0.1) is 0 Å². The molecule has 17 heavy (non-hydrogen) atoms. The molecule has 3 heteroatoms. The van der Waals surface area contributed by atoms with Crippen molar-refractivity contribution in [1.29, 1.82) is 0 Å². The van der Waals surface area contributed by atoms with E-state index >= 15 is 0 Å². The van der Waals surface area contributed by atoms with Crippen LogP contribution in [0, 0.1) is 5.92 Å². The fourth-order valence-electron chi connectivity index (χ4n) is 2.68. The summed E-state index contributed by atoms with van der Waals surface area (Å²) in [4.78, 5) is 14.1. The van der Waals surface area contributed by atoms with Crippen LogP contribution in [0.1, 0.15) is 45.4 Å². The minimum atomic E-state index is -0.234. The molecular formula is C14H23NO2. The largest absolute Gasteiger partial charge is 0.488 e. The maximum Gasteiger partial charge on any atom is 0.263 e. The number of hydrogen-bond acceptors (Lipinski definition) is 2. The summed E-state index contributed by atoms with van der Waals surface area (Å²) in [5.74, 6) is 1.02. The lowest BCUT2D eigenvalue weighted by atomic mass is 9.91. The normalized spacial score (nSPS) is 25.0. The molecule has 1 saturated heterocycles. The molecule has 0 spiro atoms. The van der Waals surface area contributed by atoms with Crippen LogP contribution in [0.4, 0.5) is 0 Å². The van der Waals surface area contributed by atoms with Gasteiger partial charge in [0.05, 0.1) is 6.26 Å². The van der Waals surface area contributed by atoms with Gasteiger partial charge in [0.15, 0.2) is 6.10 Å².